The van der Waals surface area contributed by atoms with E-state index in [-0.39, 0.29) is 35.8 Å². The molecule has 0 saturated heterocycles. The van der Waals surface area contributed by atoms with Gasteiger partial charge in [-0.2, -0.15) is 0 Å². The highest BCUT2D eigenvalue weighted by Crippen LogP contribution is 2.29. The Morgan fingerprint density at radius 3 is 2.47 bits per heavy atom. The van der Waals surface area contributed by atoms with Gasteiger partial charge < -0.3 is 9.47 Å². The molecule has 19 heavy (non-hydrogen) atoms. The summed E-state index contributed by atoms with van der Waals surface area (Å²) in [5.74, 6) is -1.99. The Kier molecular flexibility index (Phi) is 6.11. The van der Waals surface area contributed by atoms with Gasteiger partial charge in [0, 0.05) is 6.07 Å². The van der Waals surface area contributed by atoms with Crippen LogP contribution in [-0.4, -0.2) is 34.0 Å². The molecular formula is C10H12BrF2NO4S. The van der Waals surface area contributed by atoms with E-state index in [1.165, 1.54) is 0 Å². The van der Waals surface area contributed by atoms with Gasteiger partial charge in [-0.25, -0.2) is 22.3 Å². The average Bonchev–Trinajstić information content (AvgIpc) is 2.24. The molecule has 0 bridgehead atoms. The van der Waals surface area contributed by atoms with E-state index >= 15 is 0 Å². The third kappa shape index (κ3) is 6.28. The summed E-state index contributed by atoms with van der Waals surface area (Å²) in [7, 11) is -3.56. The zero-order chi connectivity index (χ0) is 14.5. The van der Waals surface area contributed by atoms with Crippen LogP contribution in [0, 0.1) is 11.6 Å². The Labute approximate surface area is 117 Å². The number of halogens is 3. The van der Waals surface area contributed by atoms with Gasteiger partial charge in [0.2, 0.25) is 10.0 Å². The second-order valence-corrected chi connectivity index (χ2v) is 6.11. The van der Waals surface area contributed by atoms with E-state index in [9.17, 15) is 17.2 Å². The van der Waals surface area contributed by atoms with Gasteiger partial charge >= 0.3 is 0 Å². The minimum Gasteiger partial charge on any atom is -0.487 e. The summed E-state index contributed by atoms with van der Waals surface area (Å²) in [6.45, 7) is -0.0280. The molecule has 0 amide bonds. The third-order valence-electron chi connectivity index (χ3n) is 1.95. The van der Waals surface area contributed by atoms with Gasteiger partial charge in [-0.05, 0) is 22.0 Å². The molecule has 0 fully saturated rings. The van der Waals surface area contributed by atoms with Crippen molar-refractivity contribution in [3.05, 3.63) is 28.2 Å². The van der Waals surface area contributed by atoms with Crippen molar-refractivity contribution in [2.45, 2.75) is 0 Å². The Morgan fingerprint density at radius 1 is 1.21 bits per heavy atom. The fourth-order valence-corrected chi connectivity index (χ4v) is 2.02. The summed E-state index contributed by atoms with van der Waals surface area (Å²) in [6, 6.07) is 1.77. The van der Waals surface area contributed by atoms with Crippen molar-refractivity contribution in [2.75, 3.05) is 25.6 Å². The van der Waals surface area contributed by atoms with Crippen LogP contribution in [0.25, 0.3) is 0 Å². The van der Waals surface area contributed by atoms with E-state index in [2.05, 4.69) is 15.9 Å². The molecule has 0 atom stereocenters. The number of benzene rings is 1. The molecule has 5 nitrogen and oxygen atoms in total. The lowest BCUT2D eigenvalue weighted by Gasteiger charge is -2.09. The minimum atomic E-state index is -3.56. The molecule has 0 aliphatic rings. The molecule has 0 heterocycles. The van der Waals surface area contributed by atoms with E-state index in [1.54, 1.807) is 0 Å². The SMILES string of the molecule is NS(=O)(=O)CCOCCOc1c(F)cc(F)cc1Br. The number of hydrogen-bond acceptors (Lipinski definition) is 4. The van der Waals surface area contributed by atoms with Gasteiger partial charge in [0.05, 0.1) is 23.4 Å². The zero-order valence-electron chi connectivity index (χ0n) is 9.74. The number of primary sulfonamides is 1. The number of ether oxygens (including phenoxy) is 2. The fourth-order valence-electron chi connectivity index (χ4n) is 1.15. The van der Waals surface area contributed by atoms with E-state index in [4.69, 9.17) is 14.6 Å². The van der Waals surface area contributed by atoms with Gasteiger partial charge in [0.25, 0.3) is 0 Å². The lowest BCUT2D eigenvalue weighted by atomic mass is 10.3. The topological polar surface area (TPSA) is 78.6 Å². The summed E-state index contributed by atoms with van der Waals surface area (Å²) in [6.07, 6.45) is 0. The van der Waals surface area contributed by atoms with Crippen LogP contribution in [0.5, 0.6) is 5.75 Å². The van der Waals surface area contributed by atoms with Crippen LogP contribution < -0.4 is 9.88 Å². The maximum atomic E-state index is 13.3. The first-order chi connectivity index (χ1) is 8.79. The van der Waals surface area contributed by atoms with Gasteiger partial charge in [-0.1, -0.05) is 0 Å². The first-order valence-corrected chi connectivity index (χ1v) is 7.66. The Hall–Kier alpha value is -0.770. The predicted molar refractivity (Wildman–Crippen MR) is 68.3 cm³/mol. The van der Waals surface area contributed by atoms with Crippen LogP contribution >= 0.6 is 15.9 Å². The molecule has 0 spiro atoms. The second-order valence-electron chi connectivity index (χ2n) is 3.53. The maximum Gasteiger partial charge on any atom is 0.211 e. The second kappa shape index (κ2) is 7.13. The monoisotopic (exact) mass is 359 g/mol. The molecular weight excluding hydrogens is 348 g/mol. The molecule has 0 aromatic heterocycles. The lowest BCUT2D eigenvalue weighted by Crippen LogP contribution is -2.21. The van der Waals surface area contributed by atoms with Crippen LogP contribution in [0.1, 0.15) is 0 Å². The predicted octanol–water partition coefficient (Wildman–Crippen LogP) is 1.41. The lowest BCUT2D eigenvalue weighted by molar-refractivity contribution is 0.109. The minimum absolute atomic E-state index is 0.00816. The fraction of sp³-hybridized carbons (Fsp3) is 0.400. The van der Waals surface area contributed by atoms with Crippen LogP contribution in [0.15, 0.2) is 16.6 Å². The zero-order valence-corrected chi connectivity index (χ0v) is 12.1. The quantitative estimate of drug-likeness (QED) is 0.746. The van der Waals surface area contributed by atoms with Crippen LogP contribution in [0.2, 0.25) is 0 Å². The average molecular weight is 360 g/mol. The molecule has 108 valence electrons. The van der Waals surface area contributed by atoms with E-state index in [0.717, 1.165) is 6.07 Å². The maximum absolute atomic E-state index is 13.3. The Morgan fingerprint density at radius 2 is 1.89 bits per heavy atom. The highest BCUT2D eigenvalue weighted by molar-refractivity contribution is 9.10. The van der Waals surface area contributed by atoms with Gasteiger partial charge in [0.1, 0.15) is 12.4 Å². The van der Waals surface area contributed by atoms with E-state index in [0.29, 0.717) is 6.07 Å². The third-order valence-corrected chi connectivity index (χ3v) is 3.27. The highest BCUT2D eigenvalue weighted by atomic mass is 79.9. The highest BCUT2D eigenvalue weighted by Gasteiger charge is 2.10. The van der Waals surface area contributed by atoms with Crippen molar-refractivity contribution in [3.8, 4) is 5.75 Å². The van der Waals surface area contributed by atoms with Crippen LogP contribution in [0.3, 0.4) is 0 Å². The molecule has 9 heteroatoms. The smallest absolute Gasteiger partial charge is 0.211 e. The van der Waals surface area contributed by atoms with Gasteiger partial charge in [-0.3, -0.25) is 0 Å². The summed E-state index contributed by atoms with van der Waals surface area (Å²) in [4.78, 5) is 0. The molecule has 1 aromatic rings. The number of sulfonamides is 1. The van der Waals surface area contributed by atoms with E-state index in [1.807, 2.05) is 0 Å². The Bertz CT molecular complexity index is 515. The summed E-state index contributed by atoms with van der Waals surface area (Å²) in [5, 5.41) is 4.76. The Balaban J connectivity index is 2.34. The molecule has 2 N–H and O–H groups in total. The molecule has 1 aromatic carbocycles. The summed E-state index contributed by atoms with van der Waals surface area (Å²) < 4.78 is 57.4. The van der Waals surface area contributed by atoms with Gasteiger partial charge in [-0.15, -0.1) is 0 Å². The first kappa shape index (κ1) is 16.3. The number of hydrogen-bond donors (Lipinski definition) is 1. The molecule has 0 aliphatic heterocycles. The largest absolute Gasteiger partial charge is 0.487 e. The van der Waals surface area contributed by atoms with Crippen molar-refractivity contribution >= 4 is 26.0 Å². The number of nitrogens with two attached hydrogens (primary N) is 1. The normalized spacial score (nSPS) is 11.6. The molecule has 0 aliphatic carbocycles. The first-order valence-electron chi connectivity index (χ1n) is 5.15. The summed E-state index contributed by atoms with van der Waals surface area (Å²) >= 11 is 2.97. The van der Waals surface area contributed by atoms with Crippen molar-refractivity contribution in [1.82, 2.24) is 0 Å². The van der Waals surface area contributed by atoms with Crippen LogP contribution in [0.4, 0.5) is 8.78 Å². The standard InChI is InChI=1S/C10H12BrF2NO4S/c11-8-5-7(12)6-9(13)10(8)18-2-1-17-3-4-19(14,15)16/h5-6H,1-4H2,(H2,14,15,16). The van der Waals surface area contributed by atoms with Crippen molar-refractivity contribution in [1.29, 1.82) is 0 Å². The van der Waals surface area contributed by atoms with Crippen molar-refractivity contribution in [2.24, 2.45) is 5.14 Å². The molecule has 1 rings (SSSR count). The molecule has 0 saturated carbocycles. The number of rotatable bonds is 7. The van der Waals surface area contributed by atoms with E-state index < -0.39 is 21.7 Å². The van der Waals surface area contributed by atoms with Gasteiger partial charge in [0.15, 0.2) is 11.6 Å². The summed E-state index contributed by atoms with van der Waals surface area (Å²) in [5.41, 5.74) is 0. The molecule has 0 unspecified atom stereocenters. The molecule has 0 radical (unpaired) electrons. The van der Waals surface area contributed by atoms with Crippen molar-refractivity contribution in [3.63, 3.8) is 0 Å². The van der Waals surface area contributed by atoms with Crippen molar-refractivity contribution < 1.29 is 26.7 Å². The van der Waals surface area contributed by atoms with Crippen LogP contribution in [-0.2, 0) is 14.8 Å².